The molecule has 2 aliphatic rings. The molecule has 0 radical (unpaired) electrons. The van der Waals surface area contributed by atoms with Crippen molar-refractivity contribution < 1.29 is 36.9 Å². The Morgan fingerprint density at radius 2 is 1.97 bits per heavy atom. The number of anilines is 1. The van der Waals surface area contributed by atoms with Gasteiger partial charge < -0.3 is 29.0 Å². The smallest absolute Gasteiger partial charge is 0.379 e. The number of azide groups is 1. The Labute approximate surface area is 182 Å². The van der Waals surface area contributed by atoms with Gasteiger partial charge in [-0.3, -0.25) is 4.98 Å². The Kier molecular flexibility index (Phi) is 8.09. The SMILES string of the molecule is CC1(C)O[C@@H]2[C@H](O1)[C@@H](Nc1cncc(C(F)(F)F)n1)CO[C@@H]2COCCOCCN=[N+]=[N-]. The van der Waals surface area contributed by atoms with Crippen molar-refractivity contribution in [2.45, 2.75) is 50.2 Å². The van der Waals surface area contributed by atoms with Gasteiger partial charge in [-0.25, -0.2) is 4.98 Å². The van der Waals surface area contributed by atoms with Crippen molar-refractivity contribution in [3.05, 3.63) is 28.5 Å². The summed E-state index contributed by atoms with van der Waals surface area (Å²) in [5.74, 6) is -0.932. The fourth-order valence-electron chi connectivity index (χ4n) is 3.43. The Balaban J connectivity index is 1.55. The van der Waals surface area contributed by atoms with Crippen LogP contribution in [0.2, 0.25) is 0 Å². The van der Waals surface area contributed by atoms with Crippen LogP contribution in [0, 0.1) is 0 Å². The second-order valence-corrected chi connectivity index (χ2v) is 7.62. The van der Waals surface area contributed by atoms with Crippen LogP contribution in [0.25, 0.3) is 10.4 Å². The molecule has 178 valence electrons. The first-order valence-corrected chi connectivity index (χ1v) is 9.99. The predicted molar refractivity (Wildman–Crippen MR) is 104 cm³/mol. The second kappa shape index (κ2) is 10.6. The fraction of sp³-hybridized carbons (Fsp3) is 0.778. The molecule has 2 aliphatic heterocycles. The largest absolute Gasteiger partial charge is 0.434 e. The highest BCUT2D eigenvalue weighted by atomic mass is 19.4. The van der Waals surface area contributed by atoms with E-state index in [0.29, 0.717) is 26.0 Å². The van der Waals surface area contributed by atoms with Crippen LogP contribution >= 0.6 is 0 Å². The molecular formula is C18H25F3N6O5. The minimum atomic E-state index is -4.60. The molecule has 11 nitrogen and oxygen atoms in total. The number of alkyl halides is 3. The monoisotopic (exact) mass is 462 g/mol. The maximum absolute atomic E-state index is 12.9. The van der Waals surface area contributed by atoms with Crippen molar-refractivity contribution in [1.82, 2.24) is 9.97 Å². The topological polar surface area (TPSA) is 133 Å². The molecule has 14 heteroatoms. The standard InChI is InChI=1S/C18H25F3N6O5/c1-17(2)31-15-11(25-14-8-23-7-13(26-14)18(19,20)21)9-30-12(16(15)32-17)10-29-6-5-28-4-3-24-27-22/h7-8,11-12,15-16H,3-6,9-10H2,1-2H3,(H,25,26)/t11-,12+,15+,16-/m0/s1. The molecule has 32 heavy (non-hydrogen) atoms. The number of halogens is 3. The van der Waals surface area contributed by atoms with Gasteiger partial charge >= 0.3 is 6.18 Å². The van der Waals surface area contributed by atoms with Crippen molar-refractivity contribution in [1.29, 1.82) is 0 Å². The van der Waals surface area contributed by atoms with E-state index in [1.54, 1.807) is 13.8 Å². The van der Waals surface area contributed by atoms with Crippen LogP contribution in [0.3, 0.4) is 0 Å². The number of hydrogen-bond donors (Lipinski definition) is 1. The van der Waals surface area contributed by atoms with E-state index in [1.165, 1.54) is 6.20 Å². The Hall–Kier alpha value is -2.22. The molecule has 1 aromatic rings. The molecule has 3 heterocycles. The number of fused-ring (bicyclic) bond motifs is 1. The summed E-state index contributed by atoms with van der Waals surface area (Å²) >= 11 is 0. The van der Waals surface area contributed by atoms with Crippen molar-refractivity contribution >= 4 is 5.82 Å². The number of nitrogens with zero attached hydrogens (tertiary/aromatic N) is 5. The fourth-order valence-corrected chi connectivity index (χ4v) is 3.43. The van der Waals surface area contributed by atoms with Crippen molar-refractivity contribution in [2.75, 3.05) is 44.9 Å². The average Bonchev–Trinajstić information content (AvgIpc) is 3.06. The van der Waals surface area contributed by atoms with Crippen LogP contribution in [0.15, 0.2) is 17.5 Å². The van der Waals surface area contributed by atoms with E-state index in [-0.39, 0.29) is 25.6 Å². The molecule has 0 spiro atoms. The van der Waals surface area contributed by atoms with Gasteiger partial charge in [-0.15, -0.1) is 0 Å². The summed E-state index contributed by atoms with van der Waals surface area (Å²) in [6, 6.07) is -0.500. The third kappa shape index (κ3) is 6.64. The summed E-state index contributed by atoms with van der Waals surface area (Å²) in [4.78, 5) is 9.83. The van der Waals surface area contributed by atoms with Gasteiger partial charge in [-0.05, 0) is 19.4 Å². The van der Waals surface area contributed by atoms with Crippen LogP contribution in [0.1, 0.15) is 19.5 Å². The van der Waals surface area contributed by atoms with E-state index in [0.717, 1.165) is 0 Å². The van der Waals surface area contributed by atoms with Crippen LogP contribution in [-0.2, 0) is 29.9 Å². The highest BCUT2D eigenvalue weighted by Gasteiger charge is 2.52. The van der Waals surface area contributed by atoms with E-state index in [9.17, 15) is 13.2 Å². The molecule has 0 amide bonds. The normalized spacial score (nSPS) is 26.9. The van der Waals surface area contributed by atoms with Gasteiger partial charge in [0.25, 0.3) is 0 Å². The summed E-state index contributed by atoms with van der Waals surface area (Å²) < 4.78 is 67.5. The lowest BCUT2D eigenvalue weighted by Gasteiger charge is -2.37. The molecule has 1 aromatic heterocycles. The molecule has 2 fully saturated rings. The van der Waals surface area contributed by atoms with Gasteiger partial charge in [0.2, 0.25) is 0 Å². The summed E-state index contributed by atoms with van der Waals surface area (Å²) in [7, 11) is 0. The van der Waals surface area contributed by atoms with E-state index >= 15 is 0 Å². The molecule has 0 saturated carbocycles. The molecular weight excluding hydrogens is 437 g/mol. The minimum absolute atomic E-state index is 0.0342. The first kappa shape index (κ1) is 24.4. The Morgan fingerprint density at radius 1 is 1.22 bits per heavy atom. The summed E-state index contributed by atoms with van der Waals surface area (Å²) in [5, 5.41) is 6.29. The lowest BCUT2D eigenvalue weighted by atomic mass is 9.98. The quantitative estimate of drug-likeness (QED) is 0.243. The van der Waals surface area contributed by atoms with Crippen molar-refractivity contribution in [3.63, 3.8) is 0 Å². The summed E-state index contributed by atoms with van der Waals surface area (Å²) in [5.41, 5.74) is 7.10. The number of nitrogens with one attached hydrogen (secondary N) is 1. The number of ether oxygens (including phenoxy) is 5. The first-order chi connectivity index (χ1) is 15.2. The molecule has 1 N–H and O–H groups in total. The van der Waals surface area contributed by atoms with Gasteiger partial charge in [-0.1, -0.05) is 5.11 Å². The van der Waals surface area contributed by atoms with Crippen LogP contribution < -0.4 is 5.32 Å². The second-order valence-electron chi connectivity index (χ2n) is 7.62. The summed E-state index contributed by atoms with van der Waals surface area (Å²) in [6.45, 7) is 5.05. The molecule has 0 unspecified atom stereocenters. The number of aromatic nitrogens is 2. The maximum atomic E-state index is 12.9. The van der Waals surface area contributed by atoms with Crippen molar-refractivity contribution in [3.8, 4) is 0 Å². The lowest BCUT2D eigenvalue weighted by Crippen LogP contribution is -2.55. The zero-order valence-electron chi connectivity index (χ0n) is 17.6. The molecule has 3 rings (SSSR count). The number of hydrogen-bond acceptors (Lipinski definition) is 9. The lowest BCUT2D eigenvalue weighted by molar-refractivity contribution is -0.160. The van der Waals surface area contributed by atoms with Crippen LogP contribution in [0.4, 0.5) is 19.0 Å². The molecule has 0 aromatic carbocycles. The zero-order chi connectivity index (χ0) is 23.2. The molecule has 2 saturated heterocycles. The van der Waals surface area contributed by atoms with Gasteiger partial charge in [0.05, 0.1) is 51.5 Å². The maximum Gasteiger partial charge on any atom is 0.434 e. The molecule has 4 atom stereocenters. The van der Waals surface area contributed by atoms with E-state index in [1.807, 2.05) is 0 Å². The van der Waals surface area contributed by atoms with E-state index < -0.39 is 42.0 Å². The Morgan fingerprint density at radius 3 is 2.72 bits per heavy atom. The Bertz CT molecular complexity index is 808. The highest BCUT2D eigenvalue weighted by Crippen LogP contribution is 2.36. The van der Waals surface area contributed by atoms with Gasteiger partial charge in [0.1, 0.15) is 24.1 Å². The first-order valence-electron chi connectivity index (χ1n) is 9.99. The van der Waals surface area contributed by atoms with Gasteiger partial charge in [0, 0.05) is 11.5 Å². The third-order valence-corrected chi connectivity index (χ3v) is 4.73. The predicted octanol–water partition coefficient (Wildman–Crippen LogP) is 2.54. The van der Waals surface area contributed by atoms with E-state index in [4.69, 9.17) is 29.2 Å². The van der Waals surface area contributed by atoms with Crippen LogP contribution in [-0.4, -0.2) is 79.7 Å². The van der Waals surface area contributed by atoms with Gasteiger partial charge in [0.15, 0.2) is 11.5 Å². The number of rotatable bonds is 10. The highest BCUT2D eigenvalue weighted by molar-refractivity contribution is 5.35. The summed E-state index contributed by atoms with van der Waals surface area (Å²) in [6.07, 6.45) is -4.15. The van der Waals surface area contributed by atoms with Crippen molar-refractivity contribution in [2.24, 2.45) is 5.11 Å². The molecule has 0 aliphatic carbocycles. The van der Waals surface area contributed by atoms with Crippen LogP contribution in [0.5, 0.6) is 0 Å². The van der Waals surface area contributed by atoms with Gasteiger partial charge in [-0.2, -0.15) is 13.2 Å². The minimum Gasteiger partial charge on any atom is -0.379 e. The third-order valence-electron chi connectivity index (χ3n) is 4.73. The molecule has 0 bridgehead atoms. The zero-order valence-corrected chi connectivity index (χ0v) is 17.6. The van der Waals surface area contributed by atoms with E-state index in [2.05, 4.69) is 25.3 Å². The average molecular weight is 462 g/mol.